The van der Waals surface area contributed by atoms with Crippen LogP contribution in [0.2, 0.25) is 0 Å². The van der Waals surface area contributed by atoms with E-state index in [1.54, 1.807) is 12.1 Å². The highest BCUT2D eigenvalue weighted by atomic mass is 16.7. The SMILES string of the molecule is O=C1CC(C(=O)Nc2ccc3c(c2)OC2(CCCC2)O3)CN1. The minimum atomic E-state index is -0.493. The summed E-state index contributed by atoms with van der Waals surface area (Å²) in [7, 11) is 0. The molecule has 1 unspecified atom stereocenters. The van der Waals surface area contributed by atoms with E-state index in [0.29, 0.717) is 18.0 Å². The van der Waals surface area contributed by atoms with Crippen molar-refractivity contribution in [1.82, 2.24) is 5.32 Å². The van der Waals surface area contributed by atoms with Crippen molar-refractivity contribution in [2.75, 3.05) is 11.9 Å². The van der Waals surface area contributed by atoms with Gasteiger partial charge in [-0.15, -0.1) is 0 Å². The minimum absolute atomic E-state index is 0.0750. The average molecular weight is 302 g/mol. The number of benzene rings is 1. The summed E-state index contributed by atoms with van der Waals surface area (Å²) in [5.74, 6) is 0.395. The maximum Gasteiger partial charge on any atom is 0.251 e. The first-order valence-corrected chi connectivity index (χ1v) is 7.73. The van der Waals surface area contributed by atoms with E-state index in [9.17, 15) is 9.59 Å². The lowest BCUT2D eigenvalue weighted by molar-refractivity contribution is -0.123. The first-order valence-electron chi connectivity index (χ1n) is 7.73. The van der Waals surface area contributed by atoms with Gasteiger partial charge >= 0.3 is 0 Å². The maximum absolute atomic E-state index is 12.1. The number of hydrogen-bond donors (Lipinski definition) is 2. The molecule has 6 heteroatoms. The zero-order valence-electron chi connectivity index (χ0n) is 12.2. The molecule has 1 aromatic carbocycles. The predicted octanol–water partition coefficient (Wildman–Crippen LogP) is 1.80. The predicted molar refractivity (Wildman–Crippen MR) is 78.6 cm³/mol. The Morgan fingerprint density at radius 2 is 2.00 bits per heavy atom. The molecule has 3 aliphatic rings. The van der Waals surface area contributed by atoms with Gasteiger partial charge < -0.3 is 20.1 Å². The van der Waals surface area contributed by atoms with Crippen LogP contribution in [0.4, 0.5) is 5.69 Å². The van der Waals surface area contributed by atoms with Gasteiger partial charge in [0, 0.05) is 37.6 Å². The van der Waals surface area contributed by atoms with Crippen molar-refractivity contribution < 1.29 is 19.1 Å². The number of hydrogen-bond acceptors (Lipinski definition) is 4. The molecule has 0 radical (unpaired) electrons. The fourth-order valence-electron chi connectivity index (χ4n) is 3.32. The molecule has 2 fully saturated rings. The summed E-state index contributed by atoms with van der Waals surface area (Å²) in [6.07, 6.45) is 4.28. The molecule has 1 saturated carbocycles. The van der Waals surface area contributed by atoms with E-state index < -0.39 is 5.79 Å². The third-order valence-electron chi connectivity index (χ3n) is 4.52. The highest BCUT2D eigenvalue weighted by Gasteiger charge is 2.44. The van der Waals surface area contributed by atoms with Crippen molar-refractivity contribution in [2.24, 2.45) is 5.92 Å². The van der Waals surface area contributed by atoms with Gasteiger partial charge in [-0.25, -0.2) is 0 Å². The first-order chi connectivity index (χ1) is 10.6. The van der Waals surface area contributed by atoms with Gasteiger partial charge in [0.25, 0.3) is 5.79 Å². The summed E-state index contributed by atoms with van der Waals surface area (Å²) >= 11 is 0. The van der Waals surface area contributed by atoms with E-state index >= 15 is 0 Å². The quantitative estimate of drug-likeness (QED) is 0.873. The van der Waals surface area contributed by atoms with E-state index in [1.165, 1.54) is 0 Å². The number of anilines is 1. The molecule has 1 saturated heterocycles. The van der Waals surface area contributed by atoms with E-state index in [-0.39, 0.29) is 24.2 Å². The highest BCUT2D eigenvalue weighted by Crippen LogP contribution is 2.47. The second-order valence-electron chi connectivity index (χ2n) is 6.18. The third-order valence-corrected chi connectivity index (χ3v) is 4.52. The molecular weight excluding hydrogens is 284 g/mol. The summed E-state index contributed by atoms with van der Waals surface area (Å²) in [6.45, 7) is 0.401. The van der Waals surface area contributed by atoms with Gasteiger partial charge in [0.1, 0.15) is 0 Å². The van der Waals surface area contributed by atoms with Gasteiger partial charge in [-0.1, -0.05) is 0 Å². The minimum Gasteiger partial charge on any atom is -0.448 e. The molecule has 1 atom stereocenters. The molecule has 116 valence electrons. The third kappa shape index (κ3) is 2.28. The Morgan fingerprint density at radius 3 is 2.73 bits per heavy atom. The number of ether oxygens (including phenoxy) is 2. The Bertz CT molecular complexity index is 637. The van der Waals surface area contributed by atoms with Gasteiger partial charge in [0.2, 0.25) is 11.8 Å². The molecule has 0 aromatic heterocycles. The molecule has 1 spiro atoms. The molecule has 2 heterocycles. The van der Waals surface area contributed by atoms with Crippen LogP contribution < -0.4 is 20.1 Å². The first kappa shape index (κ1) is 13.4. The van der Waals surface area contributed by atoms with E-state index in [2.05, 4.69) is 10.6 Å². The lowest BCUT2D eigenvalue weighted by atomic mass is 10.1. The largest absolute Gasteiger partial charge is 0.448 e. The van der Waals surface area contributed by atoms with E-state index in [4.69, 9.17) is 9.47 Å². The smallest absolute Gasteiger partial charge is 0.251 e. The molecule has 2 amide bonds. The van der Waals surface area contributed by atoms with Crippen LogP contribution >= 0.6 is 0 Å². The standard InChI is InChI=1S/C16H18N2O4/c19-14-7-10(9-17-14)15(20)18-11-3-4-12-13(8-11)22-16(21-12)5-1-2-6-16/h3-4,8,10H,1-2,5-7,9H2,(H,17,19)(H,18,20). The van der Waals surface area contributed by atoms with Crippen molar-refractivity contribution >= 4 is 17.5 Å². The fraction of sp³-hybridized carbons (Fsp3) is 0.500. The Morgan fingerprint density at radius 1 is 1.23 bits per heavy atom. The van der Waals surface area contributed by atoms with Crippen LogP contribution in [-0.2, 0) is 9.59 Å². The average Bonchev–Trinajstić information content (AvgIpc) is 3.19. The summed E-state index contributed by atoms with van der Waals surface area (Å²) in [4.78, 5) is 23.3. The number of rotatable bonds is 2. The van der Waals surface area contributed by atoms with Crippen LogP contribution in [0, 0.1) is 5.92 Å². The van der Waals surface area contributed by atoms with Crippen LogP contribution in [0.15, 0.2) is 18.2 Å². The zero-order valence-corrected chi connectivity index (χ0v) is 12.2. The molecule has 0 bridgehead atoms. The van der Waals surface area contributed by atoms with Crippen molar-refractivity contribution in [1.29, 1.82) is 0 Å². The summed E-state index contributed by atoms with van der Waals surface area (Å²) in [5.41, 5.74) is 0.668. The Labute approximate surface area is 128 Å². The monoisotopic (exact) mass is 302 g/mol. The number of fused-ring (bicyclic) bond motifs is 1. The summed E-state index contributed by atoms with van der Waals surface area (Å²) in [6, 6.07) is 5.43. The molecule has 1 aromatic rings. The van der Waals surface area contributed by atoms with Gasteiger partial charge in [0.05, 0.1) is 5.92 Å². The van der Waals surface area contributed by atoms with Gasteiger partial charge in [-0.3, -0.25) is 9.59 Å². The molecule has 2 N–H and O–H groups in total. The lowest BCUT2D eigenvalue weighted by Crippen LogP contribution is -2.34. The van der Waals surface area contributed by atoms with Crippen molar-refractivity contribution in [3.63, 3.8) is 0 Å². The van der Waals surface area contributed by atoms with Crippen LogP contribution in [0.1, 0.15) is 32.1 Å². The Balaban J connectivity index is 1.47. The van der Waals surface area contributed by atoms with E-state index in [0.717, 1.165) is 31.4 Å². The Kier molecular flexibility index (Phi) is 2.99. The molecule has 1 aliphatic carbocycles. The number of nitrogens with one attached hydrogen (secondary N) is 2. The number of carbonyl (C=O) groups excluding carboxylic acids is 2. The number of carbonyl (C=O) groups is 2. The lowest BCUT2D eigenvalue weighted by Gasteiger charge is -2.21. The van der Waals surface area contributed by atoms with Gasteiger partial charge in [-0.05, 0) is 25.0 Å². The van der Waals surface area contributed by atoms with Crippen LogP contribution in [0.25, 0.3) is 0 Å². The molecule has 4 rings (SSSR count). The summed E-state index contributed by atoms with van der Waals surface area (Å²) < 4.78 is 11.9. The normalized spacial score (nSPS) is 24.5. The van der Waals surface area contributed by atoms with Crippen molar-refractivity contribution in [3.05, 3.63) is 18.2 Å². The van der Waals surface area contributed by atoms with Crippen LogP contribution in [0.5, 0.6) is 11.5 Å². The maximum atomic E-state index is 12.1. The molecule has 6 nitrogen and oxygen atoms in total. The molecule has 2 aliphatic heterocycles. The van der Waals surface area contributed by atoms with E-state index in [1.807, 2.05) is 6.07 Å². The topological polar surface area (TPSA) is 76.7 Å². The summed E-state index contributed by atoms with van der Waals surface area (Å²) in [5, 5.41) is 5.51. The molecule has 22 heavy (non-hydrogen) atoms. The van der Waals surface area contributed by atoms with Crippen molar-refractivity contribution in [3.8, 4) is 11.5 Å². The fourth-order valence-corrected chi connectivity index (χ4v) is 3.32. The van der Waals surface area contributed by atoms with Crippen LogP contribution in [0.3, 0.4) is 0 Å². The molecular formula is C16H18N2O4. The van der Waals surface area contributed by atoms with Gasteiger partial charge in [-0.2, -0.15) is 0 Å². The van der Waals surface area contributed by atoms with Crippen molar-refractivity contribution in [2.45, 2.75) is 37.9 Å². The van der Waals surface area contributed by atoms with Crippen LogP contribution in [-0.4, -0.2) is 24.1 Å². The Hall–Kier alpha value is -2.24. The second kappa shape index (κ2) is 4.90. The van der Waals surface area contributed by atoms with Gasteiger partial charge in [0.15, 0.2) is 11.5 Å². The zero-order chi connectivity index (χ0) is 15.2. The second-order valence-corrected chi connectivity index (χ2v) is 6.18. The highest BCUT2D eigenvalue weighted by molar-refractivity contribution is 5.97. The number of amides is 2.